The van der Waals surface area contributed by atoms with E-state index in [1.807, 2.05) is 0 Å². The Morgan fingerprint density at radius 1 is 1.06 bits per heavy atom. The molecule has 1 N–H and O–H groups in total. The lowest BCUT2D eigenvalue weighted by atomic mass is 10.2. The summed E-state index contributed by atoms with van der Waals surface area (Å²) in [5.41, 5.74) is 3.72. The summed E-state index contributed by atoms with van der Waals surface area (Å²) >= 11 is 11.8. The molecule has 0 aliphatic carbocycles. The van der Waals surface area contributed by atoms with Gasteiger partial charge in [0.15, 0.2) is 0 Å². The lowest BCUT2D eigenvalue weighted by Crippen LogP contribution is -2.29. The first-order valence-electron chi connectivity index (χ1n) is 9.25. The van der Waals surface area contributed by atoms with E-state index in [1.165, 1.54) is 46.8 Å². The highest BCUT2D eigenvalue weighted by Crippen LogP contribution is 2.22. The molecule has 0 atom stereocenters. The van der Waals surface area contributed by atoms with E-state index in [1.54, 1.807) is 24.3 Å². The molecule has 3 aromatic carbocycles. The fourth-order valence-electron chi connectivity index (χ4n) is 2.79. The average molecular weight is 494 g/mol. The number of nitrogens with zero attached hydrogens (tertiary/aromatic N) is 2. The van der Waals surface area contributed by atoms with Crippen molar-refractivity contribution in [3.63, 3.8) is 0 Å². The normalized spacial score (nSPS) is 11.5. The Balaban J connectivity index is 1.73. The van der Waals surface area contributed by atoms with Crippen molar-refractivity contribution in [2.24, 2.45) is 5.10 Å². The van der Waals surface area contributed by atoms with E-state index in [0.29, 0.717) is 10.7 Å². The molecule has 0 saturated heterocycles. The van der Waals surface area contributed by atoms with E-state index in [-0.39, 0.29) is 22.7 Å². The first-order chi connectivity index (χ1) is 15.1. The van der Waals surface area contributed by atoms with Gasteiger partial charge in [-0.3, -0.25) is 9.10 Å². The molecule has 0 aliphatic rings. The third-order valence-corrected chi connectivity index (χ3v) is 6.14. The number of hydrazone groups is 1. The van der Waals surface area contributed by atoms with Crippen molar-refractivity contribution in [2.75, 3.05) is 10.6 Å². The number of rotatable bonds is 7. The lowest BCUT2D eigenvalue weighted by molar-refractivity contribution is 0.0955. The zero-order chi connectivity index (χ0) is 23.3. The highest BCUT2D eigenvalue weighted by molar-refractivity contribution is 7.92. The number of benzene rings is 3. The molecule has 6 nitrogen and oxygen atoms in total. The van der Waals surface area contributed by atoms with Crippen LogP contribution in [0.1, 0.15) is 21.5 Å². The Labute approximate surface area is 195 Å². The molecule has 3 aromatic rings. The SMILES string of the molecule is CS(=O)(=O)N(Cc1ccc(Cl)cc1)c1ccc(C(=O)N/N=C\c2c(F)cccc2Cl)cc1. The topological polar surface area (TPSA) is 78.8 Å². The number of carbonyl (C=O) groups is 1. The predicted molar refractivity (Wildman–Crippen MR) is 125 cm³/mol. The summed E-state index contributed by atoms with van der Waals surface area (Å²) in [7, 11) is -3.58. The van der Waals surface area contributed by atoms with E-state index in [9.17, 15) is 17.6 Å². The molecule has 0 aliphatic heterocycles. The summed E-state index contributed by atoms with van der Waals surface area (Å²) in [6.45, 7) is 0.106. The van der Waals surface area contributed by atoms with Crippen molar-refractivity contribution >= 4 is 51.0 Å². The van der Waals surface area contributed by atoms with Crippen LogP contribution < -0.4 is 9.73 Å². The van der Waals surface area contributed by atoms with E-state index < -0.39 is 21.7 Å². The minimum atomic E-state index is -3.58. The van der Waals surface area contributed by atoms with E-state index >= 15 is 0 Å². The van der Waals surface area contributed by atoms with Gasteiger partial charge in [0.05, 0.1) is 29.7 Å². The number of halogens is 3. The number of nitrogens with one attached hydrogen (secondary N) is 1. The van der Waals surface area contributed by atoms with Gasteiger partial charge < -0.3 is 0 Å². The summed E-state index contributed by atoms with van der Waals surface area (Å²) < 4.78 is 39.6. The first kappa shape index (κ1) is 23.7. The van der Waals surface area contributed by atoms with E-state index in [4.69, 9.17) is 23.2 Å². The molecule has 1 amide bonds. The molecule has 0 radical (unpaired) electrons. The standard InChI is InChI=1S/C22H18Cl2FN3O3S/c1-32(30,31)28(14-15-5-9-17(23)10-6-15)18-11-7-16(8-12-18)22(29)27-26-13-19-20(24)3-2-4-21(19)25/h2-13H,14H2,1H3,(H,27,29)/b26-13-. The van der Waals surface area contributed by atoms with Gasteiger partial charge in [-0.15, -0.1) is 0 Å². The summed E-state index contributed by atoms with van der Waals surface area (Å²) in [5, 5.41) is 4.45. The Kier molecular flexibility index (Phi) is 7.50. The molecule has 3 rings (SSSR count). The highest BCUT2D eigenvalue weighted by atomic mass is 35.5. The molecular formula is C22H18Cl2FN3O3S. The number of amides is 1. The van der Waals surface area contributed by atoms with Crippen LogP contribution in [-0.4, -0.2) is 26.8 Å². The molecule has 166 valence electrons. The lowest BCUT2D eigenvalue weighted by Gasteiger charge is -2.22. The van der Waals surface area contributed by atoms with Crippen LogP contribution in [0.5, 0.6) is 0 Å². The van der Waals surface area contributed by atoms with E-state index in [0.717, 1.165) is 18.0 Å². The Morgan fingerprint density at radius 2 is 1.72 bits per heavy atom. The number of hydrogen-bond acceptors (Lipinski definition) is 4. The van der Waals surface area contributed by atoms with Crippen LogP contribution in [0.25, 0.3) is 0 Å². The molecule has 0 saturated carbocycles. The predicted octanol–water partition coefficient (Wildman–Crippen LogP) is 4.86. The molecule has 0 bridgehead atoms. The number of sulfonamides is 1. The van der Waals surface area contributed by atoms with Crippen molar-refractivity contribution in [2.45, 2.75) is 6.54 Å². The molecule has 10 heteroatoms. The van der Waals surface area contributed by atoms with Gasteiger partial charge in [-0.05, 0) is 54.1 Å². The number of hydrogen-bond donors (Lipinski definition) is 1. The Bertz CT molecular complexity index is 1230. The maximum Gasteiger partial charge on any atom is 0.271 e. The largest absolute Gasteiger partial charge is 0.271 e. The summed E-state index contributed by atoms with van der Waals surface area (Å²) in [6, 6.07) is 17.0. The molecule has 0 heterocycles. The van der Waals surface area contributed by atoms with Crippen molar-refractivity contribution in [3.05, 3.63) is 99.3 Å². The maximum atomic E-state index is 13.7. The third-order valence-electron chi connectivity index (χ3n) is 4.42. The molecule has 0 fully saturated rings. The third kappa shape index (κ3) is 6.06. The van der Waals surface area contributed by atoms with Gasteiger partial charge in [0.1, 0.15) is 5.82 Å². The quantitative estimate of drug-likeness (QED) is 0.376. The maximum absolute atomic E-state index is 13.7. The van der Waals surface area contributed by atoms with E-state index in [2.05, 4.69) is 10.5 Å². The van der Waals surface area contributed by atoms with Gasteiger partial charge in [0.2, 0.25) is 10.0 Å². The van der Waals surface area contributed by atoms with Crippen molar-refractivity contribution in [3.8, 4) is 0 Å². The van der Waals surface area contributed by atoms with Crippen LogP contribution in [0.15, 0.2) is 71.8 Å². The monoisotopic (exact) mass is 493 g/mol. The summed E-state index contributed by atoms with van der Waals surface area (Å²) in [6.07, 6.45) is 2.22. The molecule has 32 heavy (non-hydrogen) atoms. The minimum absolute atomic E-state index is 0.0517. The second kappa shape index (κ2) is 10.1. The number of carbonyl (C=O) groups excluding carboxylic acids is 1. The van der Waals surface area contributed by atoms with Crippen LogP contribution in [0, 0.1) is 5.82 Å². The molecule has 0 aromatic heterocycles. The average Bonchev–Trinajstić information content (AvgIpc) is 2.74. The van der Waals surface area contributed by atoms with Crippen molar-refractivity contribution < 1.29 is 17.6 Å². The second-order valence-corrected chi connectivity index (χ2v) is 9.53. The van der Waals surface area contributed by atoms with Crippen molar-refractivity contribution in [1.82, 2.24) is 5.43 Å². The van der Waals surface area contributed by atoms with Crippen LogP contribution in [0.2, 0.25) is 10.0 Å². The zero-order valence-corrected chi connectivity index (χ0v) is 19.1. The van der Waals surface area contributed by atoms with Gasteiger partial charge in [0.25, 0.3) is 5.91 Å². The fourth-order valence-corrected chi connectivity index (χ4v) is 4.01. The second-order valence-electron chi connectivity index (χ2n) is 6.78. The van der Waals surface area contributed by atoms with Crippen LogP contribution >= 0.6 is 23.2 Å². The van der Waals surface area contributed by atoms with Gasteiger partial charge in [-0.1, -0.05) is 41.4 Å². The zero-order valence-electron chi connectivity index (χ0n) is 16.8. The smallest absolute Gasteiger partial charge is 0.267 e. The van der Waals surface area contributed by atoms with Crippen LogP contribution in [0.4, 0.5) is 10.1 Å². The van der Waals surface area contributed by atoms with Gasteiger partial charge >= 0.3 is 0 Å². The van der Waals surface area contributed by atoms with Gasteiger partial charge in [0, 0.05) is 16.1 Å². The Morgan fingerprint density at radius 3 is 2.31 bits per heavy atom. The molecule has 0 spiro atoms. The van der Waals surface area contributed by atoms with Crippen LogP contribution in [0.3, 0.4) is 0 Å². The molecular weight excluding hydrogens is 476 g/mol. The Hall–Kier alpha value is -2.94. The fraction of sp³-hybridized carbons (Fsp3) is 0.0909. The summed E-state index contributed by atoms with van der Waals surface area (Å²) in [5.74, 6) is -1.12. The van der Waals surface area contributed by atoms with Gasteiger partial charge in [-0.25, -0.2) is 18.2 Å². The number of anilines is 1. The summed E-state index contributed by atoms with van der Waals surface area (Å²) in [4.78, 5) is 12.3. The van der Waals surface area contributed by atoms with Gasteiger partial charge in [-0.2, -0.15) is 5.10 Å². The van der Waals surface area contributed by atoms with Crippen LogP contribution in [-0.2, 0) is 16.6 Å². The molecule has 0 unspecified atom stereocenters. The first-order valence-corrected chi connectivity index (χ1v) is 11.9. The van der Waals surface area contributed by atoms with Crippen molar-refractivity contribution in [1.29, 1.82) is 0 Å². The minimum Gasteiger partial charge on any atom is -0.267 e. The highest BCUT2D eigenvalue weighted by Gasteiger charge is 2.18.